The van der Waals surface area contributed by atoms with Crippen LogP contribution in [-0.2, 0) is 13.0 Å². The number of nitrogens with zero attached hydrogens (tertiary/aromatic N) is 1. The lowest BCUT2D eigenvalue weighted by Crippen LogP contribution is -2.26. The van der Waals surface area contributed by atoms with E-state index < -0.39 is 0 Å². The minimum atomic E-state index is 0.752. The first-order valence-electron chi connectivity index (χ1n) is 5.55. The zero-order valence-corrected chi connectivity index (χ0v) is 9.29. The third-order valence-electron chi connectivity index (χ3n) is 3.33. The molecule has 3 nitrogen and oxygen atoms in total. The molecule has 2 aromatic rings. The number of aldehydes is 1. The average molecular weight is 214 g/mol. The van der Waals surface area contributed by atoms with Crippen LogP contribution in [-0.4, -0.2) is 29.8 Å². The van der Waals surface area contributed by atoms with Crippen molar-refractivity contribution >= 4 is 17.2 Å². The number of H-pyrrole nitrogens is 1. The minimum absolute atomic E-state index is 0.752. The van der Waals surface area contributed by atoms with Crippen LogP contribution in [0.3, 0.4) is 0 Å². The molecule has 0 fully saturated rings. The van der Waals surface area contributed by atoms with Crippen molar-refractivity contribution in [3.63, 3.8) is 0 Å². The van der Waals surface area contributed by atoms with Gasteiger partial charge in [-0.1, -0.05) is 0 Å². The highest BCUT2D eigenvalue weighted by Gasteiger charge is 2.18. The fraction of sp³-hybridized carbons (Fsp3) is 0.308. The summed E-state index contributed by atoms with van der Waals surface area (Å²) in [5.74, 6) is 0. The van der Waals surface area contributed by atoms with Crippen LogP contribution < -0.4 is 0 Å². The Bertz CT molecular complexity index is 556. The molecule has 1 aliphatic heterocycles. The van der Waals surface area contributed by atoms with Crippen molar-refractivity contribution in [1.29, 1.82) is 0 Å². The molecule has 3 heteroatoms. The van der Waals surface area contributed by atoms with Gasteiger partial charge in [-0.25, -0.2) is 0 Å². The van der Waals surface area contributed by atoms with Crippen LogP contribution in [0.4, 0.5) is 0 Å². The summed E-state index contributed by atoms with van der Waals surface area (Å²) in [5.41, 5.74) is 4.58. The largest absolute Gasteiger partial charge is 0.358 e. The molecule has 0 bridgehead atoms. The van der Waals surface area contributed by atoms with E-state index in [1.807, 2.05) is 18.2 Å². The van der Waals surface area contributed by atoms with Crippen LogP contribution in [0.15, 0.2) is 18.2 Å². The van der Waals surface area contributed by atoms with E-state index in [2.05, 4.69) is 16.9 Å². The molecule has 0 aliphatic carbocycles. The maximum absolute atomic E-state index is 10.8. The van der Waals surface area contributed by atoms with E-state index in [-0.39, 0.29) is 0 Å². The number of likely N-dealkylation sites (N-methyl/N-ethyl adjacent to an activating group) is 1. The third kappa shape index (κ3) is 1.36. The number of hydrogen-bond donors (Lipinski definition) is 1. The molecule has 0 saturated carbocycles. The van der Waals surface area contributed by atoms with E-state index in [0.29, 0.717) is 0 Å². The lowest BCUT2D eigenvalue weighted by molar-refractivity contribution is 0.112. The van der Waals surface area contributed by atoms with Crippen LogP contribution in [0.5, 0.6) is 0 Å². The van der Waals surface area contributed by atoms with E-state index in [1.165, 1.54) is 16.6 Å². The van der Waals surface area contributed by atoms with Gasteiger partial charge in [0.15, 0.2) is 0 Å². The maximum atomic E-state index is 10.8. The minimum Gasteiger partial charge on any atom is -0.358 e. The molecule has 1 aromatic heterocycles. The summed E-state index contributed by atoms with van der Waals surface area (Å²) in [6.45, 7) is 2.07. The number of rotatable bonds is 1. The van der Waals surface area contributed by atoms with Gasteiger partial charge in [-0.3, -0.25) is 4.79 Å². The van der Waals surface area contributed by atoms with Crippen LogP contribution in [0, 0.1) is 0 Å². The van der Waals surface area contributed by atoms with Gasteiger partial charge in [0, 0.05) is 41.7 Å². The zero-order chi connectivity index (χ0) is 11.1. The lowest BCUT2D eigenvalue weighted by atomic mass is 10.0. The van der Waals surface area contributed by atoms with Gasteiger partial charge < -0.3 is 9.88 Å². The Morgan fingerprint density at radius 2 is 2.31 bits per heavy atom. The molecule has 0 saturated heterocycles. The number of aromatic nitrogens is 1. The van der Waals surface area contributed by atoms with Gasteiger partial charge in [-0.05, 0) is 30.8 Å². The van der Waals surface area contributed by atoms with Crippen molar-refractivity contribution in [3.05, 3.63) is 35.0 Å². The molecular weight excluding hydrogens is 200 g/mol. The lowest BCUT2D eigenvalue weighted by Gasteiger charge is -2.22. The average Bonchev–Trinajstić information content (AvgIpc) is 2.66. The van der Waals surface area contributed by atoms with Gasteiger partial charge in [0.25, 0.3) is 0 Å². The van der Waals surface area contributed by atoms with E-state index in [0.717, 1.165) is 36.9 Å². The van der Waals surface area contributed by atoms with Crippen molar-refractivity contribution in [1.82, 2.24) is 9.88 Å². The smallest absolute Gasteiger partial charge is 0.150 e. The first-order chi connectivity index (χ1) is 7.78. The van der Waals surface area contributed by atoms with Gasteiger partial charge in [0.2, 0.25) is 0 Å². The second-order valence-electron chi connectivity index (χ2n) is 4.49. The predicted octanol–water partition coefficient (Wildman–Crippen LogP) is 1.97. The maximum Gasteiger partial charge on any atom is 0.150 e. The number of nitrogens with one attached hydrogen (secondary N) is 1. The van der Waals surface area contributed by atoms with Gasteiger partial charge in [0.1, 0.15) is 6.29 Å². The molecule has 1 aromatic carbocycles. The molecule has 82 valence electrons. The Balaban J connectivity index is 2.23. The fourth-order valence-electron chi connectivity index (χ4n) is 2.44. The number of hydrogen-bond acceptors (Lipinski definition) is 2. The Hall–Kier alpha value is -1.61. The third-order valence-corrected chi connectivity index (χ3v) is 3.33. The van der Waals surface area contributed by atoms with Crippen molar-refractivity contribution in [2.45, 2.75) is 13.0 Å². The molecule has 2 heterocycles. The number of fused-ring (bicyclic) bond motifs is 3. The van der Waals surface area contributed by atoms with E-state index in [4.69, 9.17) is 0 Å². The Morgan fingerprint density at radius 3 is 3.12 bits per heavy atom. The molecule has 0 unspecified atom stereocenters. The number of carbonyl (C=O) groups excluding carboxylic acids is 1. The summed E-state index contributed by atoms with van der Waals surface area (Å²) in [6.07, 6.45) is 1.97. The van der Waals surface area contributed by atoms with Gasteiger partial charge in [-0.15, -0.1) is 0 Å². The van der Waals surface area contributed by atoms with E-state index in [1.54, 1.807) is 0 Å². The number of carbonyl (C=O) groups is 1. The molecule has 0 amide bonds. The Morgan fingerprint density at radius 1 is 1.44 bits per heavy atom. The molecule has 0 atom stereocenters. The standard InChI is InChI=1S/C13H14N2O/c1-15-5-4-13-11(7-15)10-6-9(8-16)2-3-12(10)14-13/h2-3,6,8,14H,4-5,7H2,1H3. The van der Waals surface area contributed by atoms with Gasteiger partial charge in [0.05, 0.1) is 0 Å². The second-order valence-corrected chi connectivity index (χ2v) is 4.49. The highest BCUT2D eigenvalue weighted by Crippen LogP contribution is 2.27. The number of aromatic amines is 1. The Labute approximate surface area is 94.1 Å². The van der Waals surface area contributed by atoms with Crippen LogP contribution >= 0.6 is 0 Å². The highest BCUT2D eigenvalue weighted by atomic mass is 16.1. The molecule has 3 rings (SSSR count). The molecule has 1 N–H and O–H groups in total. The van der Waals surface area contributed by atoms with Crippen molar-refractivity contribution in [2.75, 3.05) is 13.6 Å². The molecule has 0 radical (unpaired) electrons. The van der Waals surface area contributed by atoms with E-state index >= 15 is 0 Å². The normalized spacial score (nSPS) is 16.3. The number of benzene rings is 1. The zero-order valence-electron chi connectivity index (χ0n) is 9.29. The fourth-order valence-corrected chi connectivity index (χ4v) is 2.44. The second kappa shape index (κ2) is 3.46. The summed E-state index contributed by atoms with van der Waals surface area (Å²) >= 11 is 0. The first-order valence-corrected chi connectivity index (χ1v) is 5.55. The SMILES string of the molecule is CN1CCc2[nH]c3ccc(C=O)cc3c2C1. The molecule has 16 heavy (non-hydrogen) atoms. The highest BCUT2D eigenvalue weighted by molar-refractivity contribution is 5.90. The summed E-state index contributed by atoms with van der Waals surface area (Å²) in [7, 11) is 2.13. The summed E-state index contributed by atoms with van der Waals surface area (Å²) in [6, 6.07) is 5.84. The van der Waals surface area contributed by atoms with Crippen molar-refractivity contribution in [2.24, 2.45) is 0 Å². The van der Waals surface area contributed by atoms with Crippen LogP contribution in [0.25, 0.3) is 10.9 Å². The summed E-state index contributed by atoms with van der Waals surface area (Å²) in [5, 5.41) is 1.20. The monoisotopic (exact) mass is 214 g/mol. The summed E-state index contributed by atoms with van der Waals surface area (Å²) in [4.78, 5) is 16.5. The topological polar surface area (TPSA) is 36.1 Å². The Kier molecular flexibility index (Phi) is 2.07. The van der Waals surface area contributed by atoms with Gasteiger partial charge >= 0.3 is 0 Å². The molecule has 1 aliphatic rings. The van der Waals surface area contributed by atoms with Crippen LogP contribution in [0.2, 0.25) is 0 Å². The molecular formula is C13H14N2O. The van der Waals surface area contributed by atoms with Crippen molar-refractivity contribution < 1.29 is 4.79 Å². The molecule has 0 spiro atoms. The van der Waals surface area contributed by atoms with Crippen molar-refractivity contribution in [3.8, 4) is 0 Å². The van der Waals surface area contributed by atoms with Crippen LogP contribution in [0.1, 0.15) is 21.6 Å². The van der Waals surface area contributed by atoms with E-state index in [9.17, 15) is 4.79 Å². The quantitative estimate of drug-likeness (QED) is 0.737. The first kappa shape index (κ1) is 9.60. The summed E-state index contributed by atoms with van der Waals surface area (Å²) < 4.78 is 0. The predicted molar refractivity (Wildman–Crippen MR) is 63.7 cm³/mol. The van der Waals surface area contributed by atoms with Gasteiger partial charge in [-0.2, -0.15) is 0 Å².